The van der Waals surface area contributed by atoms with Gasteiger partial charge in [-0.2, -0.15) is 0 Å². The summed E-state index contributed by atoms with van der Waals surface area (Å²) in [5.41, 5.74) is 2.98. The standard InChI is InChI=1S/C15H25B/c1-3-14(12-16)9-5-7-11-15-10-6-4-8-13(15)2/h4,6,8,10,14H,3,5,7,9,11-12,16H2,1-2H3. The van der Waals surface area contributed by atoms with Crippen molar-refractivity contribution in [3.63, 3.8) is 0 Å². The number of unbranched alkanes of at least 4 members (excludes halogenated alkanes) is 1. The second-order valence-electron chi connectivity index (χ2n) is 4.85. The van der Waals surface area contributed by atoms with Gasteiger partial charge in [-0.3, -0.25) is 0 Å². The fourth-order valence-corrected chi connectivity index (χ4v) is 2.34. The van der Waals surface area contributed by atoms with E-state index in [-0.39, 0.29) is 0 Å². The third-order valence-electron chi connectivity index (χ3n) is 3.72. The zero-order chi connectivity index (χ0) is 11.8. The van der Waals surface area contributed by atoms with Crippen LogP contribution in [0.25, 0.3) is 0 Å². The fourth-order valence-electron chi connectivity index (χ4n) is 2.34. The molecule has 0 radical (unpaired) electrons. The molecule has 16 heavy (non-hydrogen) atoms. The Hall–Kier alpha value is -0.715. The normalized spacial score (nSPS) is 12.6. The van der Waals surface area contributed by atoms with E-state index in [1.807, 2.05) is 0 Å². The molecule has 0 nitrogen and oxygen atoms in total. The minimum atomic E-state index is 0.955. The Kier molecular flexibility index (Phi) is 6.29. The first-order chi connectivity index (χ1) is 7.77. The molecule has 0 N–H and O–H groups in total. The molecule has 0 heterocycles. The first-order valence-corrected chi connectivity index (χ1v) is 6.82. The van der Waals surface area contributed by atoms with Crippen molar-refractivity contribution >= 4 is 7.85 Å². The van der Waals surface area contributed by atoms with Crippen molar-refractivity contribution < 1.29 is 0 Å². The summed E-state index contributed by atoms with van der Waals surface area (Å²) in [5.74, 6) is 0.955. The Balaban J connectivity index is 2.23. The summed E-state index contributed by atoms with van der Waals surface area (Å²) in [7, 11) is 2.31. The Morgan fingerprint density at radius 3 is 2.56 bits per heavy atom. The van der Waals surface area contributed by atoms with E-state index in [0.717, 1.165) is 5.92 Å². The average molecular weight is 216 g/mol. The summed E-state index contributed by atoms with van der Waals surface area (Å²) in [5, 5.41) is 0. The molecular formula is C15H25B. The Morgan fingerprint density at radius 1 is 1.19 bits per heavy atom. The molecule has 0 aromatic heterocycles. The van der Waals surface area contributed by atoms with Crippen LogP contribution in [-0.2, 0) is 6.42 Å². The van der Waals surface area contributed by atoms with Gasteiger partial charge in [-0.1, -0.05) is 56.8 Å². The summed E-state index contributed by atoms with van der Waals surface area (Å²) < 4.78 is 0. The SMILES string of the molecule is BCC(CC)CCCCc1ccccc1C. The molecule has 1 unspecified atom stereocenters. The maximum atomic E-state index is 2.31. The van der Waals surface area contributed by atoms with Gasteiger partial charge in [0.1, 0.15) is 7.85 Å². The van der Waals surface area contributed by atoms with Crippen LogP contribution in [0.4, 0.5) is 0 Å². The Labute approximate surface area is 102 Å². The van der Waals surface area contributed by atoms with Crippen molar-refractivity contribution in [3.05, 3.63) is 35.4 Å². The first-order valence-electron chi connectivity index (χ1n) is 6.82. The van der Waals surface area contributed by atoms with Crippen LogP contribution in [-0.4, -0.2) is 7.85 Å². The van der Waals surface area contributed by atoms with Gasteiger partial charge in [0.25, 0.3) is 0 Å². The molecule has 1 rings (SSSR count). The monoisotopic (exact) mass is 216 g/mol. The lowest BCUT2D eigenvalue weighted by Crippen LogP contribution is -1.98. The van der Waals surface area contributed by atoms with Crippen LogP contribution in [0, 0.1) is 12.8 Å². The van der Waals surface area contributed by atoms with Gasteiger partial charge in [0.15, 0.2) is 0 Å². The lowest BCUT2D eigenvalue weighted by molar-refractivity contribution is 0.484. The molecular weight excluding hydrogens is 191 g/mol. The molecule has 1 atom stereocenters. The molecule has 0 aliphatic carbocycles. The molecule has 0 bridgehead atoms. The minimum Gasteiger partial charge on any atom is -0.0783 e. The molecule has 0 saturated heterocycles. The van der Waals surface area contributed by atoms with Crippen LogP contribution in [0.1, 0.15) is 43.7 Å². The van der Waals surface area contributed by atoms with Crippen LogP contribution >= 0.6 is 0 Å². The summed E-state index contributed by atoms with van der Waals surface area (Å²) in [6.45, 7) is 4.53. The second kappa shape index (κ2) is 7.54. The number of hydrogen-bond donors (Lipinski definition) is 0. The van der Waals surface area contributed by atoms with Crippen LogP contribution in [0.5, 0.6) is 0 Å². The first kappa shape index (κ1) is 13.4. The van der Waals surface area contributed by atoms with Crippen molar-refractivity contribution in [1.29, 1.82) is 0 Å². The van der Waals surface area contributed by atoms with E-state index in [1.165, 1.54) is 49.6 Å². The average Bonchev–Trinajstić information content (AvgIpc) is 2.31. The summed E-state index contributed by atoms with van der Waals surface area (Å²) in [6.07, 6.45) is 8.11. The van der Waals surface area contributed by atoms with Crippen molar-refractivity contribution in [2.75, 3.05) is 0 Å². The smallest absolute Gasteiger partial charge is 0.0783 e. The maximum Gasteiger partial charge on any atom is 0.101 e. The predicted octanol–water partition coefficient (Wildman–Crippen LogP) is 3.79. The van der Waals surface area contributed by atoms with Crippen LogP contribution in [0.15, 0.2) is 24.3 Å². The van der Waals surface area contributed by atoms with Gasteiger partial charge in [0.05, 0.1) is 0 Å². The molecule has 0 saturated carbocycles. The van der Waals surface area contributed by atoms with Crippen LogP contribution < -0.4 is 0 Å². The molecule has 1 aromatic carbocycles. The molecule has 1 heteroatoms. The highest BCUT2D eigenvalue weighted by molar-refractivity contribution is 6.08. The number of benzene rings is 1. The molecule has 0 fully saturated rings. The van der Waals surface area contributed by atoms with Crippen LogP contribution in [0.3, 0.4) is 0 Å². The number of rotatable bonds is 7. The number of aryl methyl sites for hydroxylation is 2. The highest BCUT2D eigenvalue weighted by atomic mass is 14.1. The van der Waals surface area contributed by atoms with Gasteiger partial charge in [-0.25, -0.2) is 0 Å². The van der Waals surface area contributed by atoms with E-state index in [9.17, 15) is 0 Å². The molecule has 1 aromatic rings. The van der Waals surface area contributed by atoms with Crippen molar-refractivity contribution in [3.8, 4) is 0 Å². The Morgan fingerprint density at radius 2 is 1.94 bits per heavy atom. The Bertz CT molecular complexity index is 289. The van der Waals surface area contributed by atoms with Gasteiger partial charge in [0.2, 0.25) is 0 Å². The van der Waals surface area contributed by atoms with Gasteiger partial charge in [-0.15, -0.1) is 0 Å². The summed E-state index contributed by atoms with van der Waals surface area (Å²) >= 11 is 0. The quantitative estimate of drug-likeness (QED) is 0.480. The lowest BCUT2D eigenvalue weighted by Gasteiger charge is -2.11. The van der Waals surface area contributed by atoms with E-state index >= 15 is 0 Å². The topological polar surface area (TPSA) is 0 Å². The predicted molar refractivity (Wildman–Crippen MR) is 75.9 cm³/mol. The fraction of sp³-hybridized carbons (Fsp3) is 0.600. The van der Waals surface area contributed by atoms with E-state index in [4.69, 9.17) is 0 Å². The van der Waals surface area contributed by atoms with Crippen molar-refractivity contribution in [2.45, 2.75) is 52.3 Å². The molecule has 0 aliphatic rings. The van der Waals surface area contributed by atoms with Gasteiger partial charge < -0.3 is 0 Å². The van der Waals surface area contributed by atoms with Gasteiger partial charge in [0, 0.05) is 0 Å². The van der Waals surface area contributed by atoms with E-state index in [1.54, 1.807) is 0 Å². The highest BCUT2D eigenvalue weighted by Gasteiger charge is 2.03. The third-order valence-corrected chi connectivity index (χ3v) is 3.72. The zero-order valence-electron chi connectivity index (χ0n) is 11.1. The van der Waals surface area contributed by atoms with Crippen molar-refractivity contribution in [1.82, 2.24) is 0 Å². The summed E-state index contributed by atoms with van der Waals surface area (Å²) in [4.78, 5) is 0. The van der Waals surface area contributed by atoms with E-state index < -0.39 is 0 Å². The molecule has 0 aliphatic heterocycles. The second-order valence-corrected chi connectivity index (χ2v) is 4.85. The minimum absolute atomic E-state index is 0.955. The zero-order valence-corrected chi connectivity index (χ0v) is 11.1. The largest absolute Gasteiger partial charge is 0.101 e. The molecule has 88 valence electrons. The van der Waals surface area contributed by atoms with Crippen LogP contribution in [0.2, 0.25) is 6.32 Å². The maximum absolute atomic E-state index is 2.31. The highest BCUT2D eigenvalue weighted by Crippen LogP contribution is 2.17. The summed E-state index contributed by atoms with van der Waals surface area (Å²) in [6, 6.07) is 8.77. The van der Waals surface area contributed by atoms with E-state index in [2.05, 4.69) is 46.0 Å². The van der Waals surface area contributed by atoms with Gasteiger partial charge in [-0.05, 0) is 36.8 Å². The number of hydrogen-bond acceptors (Lipinski definition) is 0. The lowest BCUT2D eigenvalue weighted by atomic mass is 9.85. The van der Waals surface area contributed by atoms with Gasteiger partial charge >= 0.3 is 0 Å². The molecule has 0 spiro atoms. The molecule has 0 amide bonds. The van der Waals surface area contributed by atoms with Crippen molar-refractivity contribution in [2.24, 2.45) is 5.92 Å². The van der Waals surface area contributed by atoms with E-state index in [0.29, 0.717) is 0 Å². The third kappa shape index (κ3) is 4.43.